The number of nitrogens with two attached hydrogens (primary N) is 1. The van der Waals surface area contributed by atoms with Crippen molar-refractivity contribution in [1.82, 2.24) is 5.32 Å². The van der Waals surface area contributed by atoms with Crippen LogP contribution in [-0.2, 0) is 9.59 Å². The third-order valence-corrected chi connectivity index (χ3v) is 3.46. The Kier molecular flexibility index (Phi) is 4.67. The van der Waals surface area contributed by atoms with Crippen LogP contribution in [0.1, 0.15) is 26.7 Å². The molecule has 2 amide bonds. The van der Waals surface area contributed by atoms with Crippen molar-refractivity contribution in [2.24, 2.45) is 0 Å². The number of anilines is 2. The number of carbonyl (C=O) groups is 2. The minimum Gasteiger partial charge on any atom is -0.491 e. The molecule has 6 nitrogen and oxygen atoms in total. The molecule has 0 radical (unpaired) electrons. The Morgan fingerprint density at radius 1 is 1.38 bits per heavy atom. The molecule has 2 rings (SSSR count). The minimum absolute atomic E-state index is 0.117. The summed E-state index contributed by atoms with van der Waals surface area (Å²) in [5.41, 5.74) is 7.28. The van der Waals surface area contributed by atoms with E-state index in [0.717, 1.165) is 6.42 Å². The summed E-state index contributed by atoms with van der Waals surface area (Å²) in [5.74, 6) is -0.0142. The molecule has 114 valence electrons. The first-order chi connectivity index (χ1) is 10.1. The highest BCUT2D eigenvalue weighted by Crippen LogP contribution is 2.34. The zero-order valence-corrected chi connectivity index (χ0v) is 12.4. The van der Waals surface area contributed by atoms with Crippen LogP contribution in [-0.4, -0.2) is 31.0 Å². The van der Waals surface area contributed by atoms with Crippen LogP contribution in [0.2, 0.25) is 0 Å². The Hall–Kier alpha value is -2.24. The lowest BCUT2D eigenvalue weighted by atomic mass is 10.1. The van der Waals surface area contributed by atoms with E-state index in [9.17, 15) is 9.59 Å². The predicted molar refractivity (Wildman–Crippen MR) is 81.2 cm³/mol. The average molecular weight is 291 g/mol. The highest BCUT2D eigenvalue weighted by Gasteiger charge is 2.33. The number of nitrogens with zero attached hydrogens (tertiary/aromatic N) is 1. The van der Waals surface area contributed by atoms with E-state index in [1.165, 1.54) is 0 Å². The number of benzene rings is 1. The molecular formula is C15H21N3O3. The second-order valence-corrected chi connectivity index (χ2v) is 5.00. The van der Waals surface area contributed by atoms with Crippen molar-refractivity contribution in [3.05, 3.63) is 18.2 Å². The van der Waals surface area contributed by atoms with Crippen LogP contribution < -0.4 is 20.7 Å². The van der Waals surface area contributed by atoms with Gasteiger partial charge in [-0.05, 0) is 25.0 Å². The van der Waals surface area contributed by atoms with E-state index in [0.29, 0.717) is 30.2 Å². The number of nitrogens with one attached hydrogen (secondary N) is 1. The van der Waals surface area contributed by atoms with Gasteiger partial charge in [-0.25, -0.2) is 0 Å². The summed E-state index contributed by atoms with van der Waals surface area (Å²) in [6.07, 6.45) is 1.48. The van der Waals surface area contributed by atoms with Gasteiger partial charge < -0.3 is 15.4 Å². The van der Waals surface area contributed by atoms with Gasteiger partial charge in [0.05, 0.1) is 24.5 Å². The van der Waals surface area contributed by atoms with Crippen molar-refractivity contribution in [1.29, 1.82) is 0 Å². The van der Waals surface area contributed by atoms with Gasteiger partial charge in [-0.2, -0.15) is 0 Å². The lowest BCUT2D eigenvalue weighted by Gasteiger charge is -2.36. The summed E-state index contributed by atoms with van der Waals surface area (Å²) >= 11 is 0. The highest BCUT2D eigenvalue weighted by atomic mass is 16.5. The maximum atomic E-state index is 11.9. The average Bonchev–Trinajstić information content (AvgIpc) is 2.45. The third kappa shape index (κ3) is 3.09. The van der Waals surface area contributed by atoms with Gasteiger partial charge in [0, 0.05) is 0 Å². The van der Waals surface area contributed by atoms with Gasteiger partial charge in [-0.3, -0.25) is 14.9 Å². The SMILES string of the molecule is CCCOc1cccc(N2CC(=O)NC(=O)C2CC)c1N. The molecule has 1 heterocycles. The number of hydrogen-bond acceptors (Lipinski definition) is 5. The van der Waals surface area contributed by atoms with E-state index >= 15 is 0 Å². The van der Waals surface area contributed by atoms with Gasteiger partial charge in [0.1, 0.15) is 11.8 Å². The van der Waals surface area contributed by atoms with E-state index in [4.69, 9.17) is 10.5 Å². The van der Waals surface area contributed by atoms with Gasteiger partial charge in [0.2, 0.25) is 11.8 Å². The number of ether oxygens (including phenoxy) is 1. The lowest BCUT2D eigenvalue weighted by Crippen LogP contribution is -2.58. The van der Waals surface area contributed by atoms with Crippen LogP contribution in [0.15, 0.2) is 18.2 Å². The predicted octanol–water partition coefficient (Wildman–Crippen LogP) is 1.30. The highest BCUT2D eigenvalue weighted by molar-refractivity contribution is 6.05. The maximum absolute atomic E-state index is 11.9. The Bertz CT molecular complexity index is 545. The Morgan fingerprint density at radius 2 is 2.14 bits per heavy atom. The van der Waals surface area contributed by atoms with Crippen molar-refractivity contribution < 1.29 is 14.3 Å². The van der Waals surface area contributed by atoms with Gasteiger partial charge in [-0.1, -0.05) is 19.9 Å². The fourth-order valence-electron chi connectivity index (χ4n) is 2.45. The molecule has 1 aliphatic rings. The number of para-hydroxylation sites is 1. The molecule has 1 atom stereocenters. The van der Waals surface area contributed by atoms with E-state index in [1.807, 2.05) is 26.0 Å². The number of amides is 2. The van der Waals surface area contributed by atoms with Crippen molar-refractivity contribution >= 4 is 23.2 Å². The van der Waals surface area contributed by atoms with Crippen molar-refractivity contribution in [3.8, 4) is 5.75 Å². The topological polar surface area (TPSA) is 84.7 Å². The molecule has 0 bridgehead atoms. The van der Waals surface area contributed by atoms with E-state index < -0.39 is 6.04 Å². The number of imide groups is 1. The van der Waals surface area contributed by atoms with Crippen LogP contribution in [0.4, 0.5) is 11.4 Å². The van der Waals surface area contributed by atoms with Gasteiger partial charge in [0.15, 0.2) is 0 Å². The molecule has 0 spiro atoms. The lowest BCUT2D eigenvalue weighted by molar-refractivity contribution is -0.132. The molecule has 3 N–H and O–H groups in total. The molecule has 1 fully saturated rings. The molecule has 0 aromatic heterocycles. The summed E-state index contributed by atoms with van der Waals surface area (Å²) in [6, 6.07) is 5.02. The first-order valence-electron chi connectivity index (χ1n) is 7.20. The van der Waals surface area contributed by atoms with E-state index in [1.54, 1.807) is 11.0 Å². The largest absolute Gasteiger partial charge is 0.491 e. The summed E-state index contributed by atoms with van der Waals surface area (Å²) < 4.78 is 5.60. The van der Waals surface area contributed by atoms with Crippen LogP contribution in [0.3, 0.4) is 0 Å². The molecule has 6 heteroatoms. The zero-order valence-electron chi connectivity index (χ0n) is 12.4. The second kappa shape index (κ2) is 6.47. The summed E-state index contributed by atoms with van der Waals surface area (Å²) in [7, 11) is 0. The Labute approximate surface area is 124 Å². The smallest absolute Gasteiger partial charge is 0.249 e. The zero-order chi connectivity index (χ0) is 15.4. The molecule has 1 saturated heterocycles. The van der Waals surface area contributed by atoms with Gasteiger partial charge in [0.25, 0.3) is 0 Å². The number of nitrogen functional groups attached to an aromatic ring is 1. The quantitative estimate of drug-likeness (QED) is 0.631. The normalized spacial score (nSPS) is 18.6. The van der Waals surface area contributed by atoms with E-state index in [-0.39, 0.29) is 18.4 Å². The van der Waals surface area contributed by atoms with Crippen LogP contribution >= 0.6 is 0 Å². The van der Waals surface area contributed by atoms with E-state index in [2.05, 4.69) is 5.32 Å². The Morgan fingerprint density at radius 3 is 2.81 bits per heavy atom. The molecule has 1 aromatic carbocycles. The first kappa shape index (κ1) is 15.2. The minimum atomic E-state index is -0.397. The first-order valence-corrected chi connectivity index (χ1v) is 7.20. The standard InChI is InChI=1S/C15H21N3O3/c1-3-8-21-12-7-5-6-11(14(12)16)18-9-13(19)17-15(20)10(18)4-2/h5-7,10H,3-4,8-9,16H2,1-2H3,(H,17,19,20). The molecular weight excluding hydrogens is 270 g/mol. The molecule has 1 unspecified atom stereocenters. The molecule has 1 aliphatic heterocycles. The fourth-order valence-corrected chi connectivity index (χ4v) is 2.45. The second-order valence-electron chi connectivity index (χ2n) is 5.00. The summed E-state index contributed by atoms with van der Waals surface area (Å²) in [5, 5.41) is 2.36. The van der Waals surface area contributed by atoms with Gasteiger partial charge in [-0.15, -0.1) is 0 Å². The number of carbonyl (C=O) groups excluding carboxylic acids is 2. The van der Waals surface area contributed by atoms with Crippen molar-refractivity contribution in [2.45, 2.75) is 32.7 Å². The molecule has 0 aliphatic carbocycles. The van der Waals surface area contributed by atoms with Crippen molar-refractivity contribution in [2.75, 3.05) is 23.8 Å². The Balaban J connectivity index is 2.34. The van der Waals surface area contributed by atoms with Crippen LogP contribution in [0, 0.1) is 0 Å². The molecule has 1 aromatic rings. The van der Waals surface area contributed by atoms with Crippen molar-refractivity contribution in [3.63, 3.8) is 0 Å². The molecule has 0 saturated carbocycles. The fraction of sp³-hybridized carbons (Fsp3) is 0.467. The van der Waals surface area contributed by atoms with Crippen LogP contribution in [0.5, 0.6) is 5.75 Å². The van der Waals surface area contributed by atoms with Gasteiger partial charge >= 0.3 is 0 Å². The van der Waals surface area contributed by atoms with Crippen LogP contribution in [0.25, 0.3) is 0 Å². The summed E-state index contributed by atoms with van der Waals surface area (Å²) in [6.45, 7) is 4.61. The number of rotatable bonds is 5. The monoisotopic (exact) mass is 291 g/mol. The number of piperazine rings is 1. The maximum Gasteiger partial charge on any atom is 0.249 e. The summed E-state index contributed by atoms with van der Waals surface area (Å²) in [4.78, 5) is 25.3. The third-order valence-electron chi connectivity index (χ3n) is 3.46. The number of hydrogen-bond donors (Lipinski definition) is 2. The molecule has 21 heavy (non-hydrogen) atoms.